The molecule has 26 heavy (non-hydrogen) atoms. The number of sulfonamides is 1. The van der Waals surface area contributed by atoms with Gasteiger partial charge in [-0.05, 0) is 31.2 Å². The van der Waals surface area contributed by atoms with Gasteiger partial charge in [-0.25, -0.2) is 8.42 Å². The lowest BCUT2D eigenvalue weighted by Gasteiger charge is -2.29. The van der Waals surface area contributed by atoms with Gasteiger partial charge in [0, 0.05) is 18.7 Å². The second-order valence-corrected chi connectivity index (χ2v) is 8.02. The summed E-state index contributed by atoms with van der Waals surface area (Å²) >= 11 is 0. The summed E-state index contributed by atoms with van der Waals surface area (Å²) in [7, 11) is -0.143. The van der Waals surface area contributed by atoms with Gasteiger partial charge in [0.1, 0.15) is 0 Å². The number of ether oxygens (including phenoxy) is 3. The van der Waals surface area contributed by atoms with Gasteiger partial charge in [-0.1, -0.05) is 18.2 Å². The van der Waals surface area contributed by atoms with Crippen LogP contribution in [-0.2, 0) is 23.0 Å². The van der Waals surface area contributed by atoms with Crippen LogP contribution in [0.1, 0.15) is 11.1 Å². The van der Waals surface area contributed by atoms with Gasteiger partial charge in [0.2, 0.25) is 12.5 Å². The Morgan fingerprint density at radius 2 is 1.85 bits per heavy atom. The summed E-state index contributed by atoms with van der Waals surface area (Å²) in [5.74, 6) is 1.46. The number of fused-ring (bicyclic) bond motifs is 2. The molecule has 0 saturated heterocycles. The zero-order chi connectivity index (χ0) is 18.3. The minimum absolute atomic E-state index is 0.0322. The molecule has 0 aromatic heterocycles. The number of hydrogen-bond acceptors (Lipinski definition) is 6. The van der Waals surface area contributed by atoms with Crippen LogP contribution in [0.5, 0.6) is 17.2 Å². The van der Waals surface area contributed by atoms with Crippen LogP contribution < -0.4 is 18.9 Å². The van der Waals surface area contributed by atoms with Crippen LogP contribution in [0, 0.1) is 0 Å². The molecule has 0 radical (unpaired) electrons. The molecule has 0 atom stereocenters. The second kappa shape index (κ2) is 6.37. The summed E-state index contributed by atoms with van der Waals surface area (Å²) in [5, 5.41) is 0. The van der Waals surface area contributed by atoms with E-state index in [-0.39, 0.29) is 11.7 Å². The van der Waals surface area contributed by atoms with Crippen LogP contribution in [0.3, 0.4) is 0 Å². The smallest absolute Gasteiger partial charge is 0.262 e. The van der Waals surface area contributed by atoms with Gasteiger partial charge < -0.3 is 19.1 Å². The third kappa shape index (κ3) is 2.75. The summed E-state index contributed by atoms with van der Waals surface area (Å²) in [4.78, 5) is 2.35. The van der Waals surface area contributed by atoms with E-state index in [1.165, 1.54) is 0 Å². The van der Waals surface area contributed by atoms with E-state index in [1.54, 1.807) is 37.4 Å². The number of methoxy groups -OCH3 is 1. The maximum Gasteiger partial charge on any atom is 0.262 e. The van der Waals surface area contributed by atoms with Crippen molar-refractivity contribution in [3.05, 3.63) is 41.5 Å². The number of nitrogens with one attached hydrogen (secondary N) is 1. The average molecular weight is 376 g/mol. The standard InChI is InChI=1S/C18H20N2O5S/c1-20-9-8-13-14(10-20)16(23-2)18-17(24-11-25-18)15(13)19-26(21,22)12-6-4-3-5-7-12/h3-7,19H,8-11H2,1-2H3. The highest BCUT2D eigenvalue weighted by Crippen LogP contribution is 2.52. The van der Waals surface area contributed by atoms with E-state index in [1.807, 2.05) is 7.05 Å². The summed E-state index contributed by atoms with van der Waals surface area (Å²) in [6.45, 7) is 1.50. The Morgan fingerprint density at radius 3 is 2.58 bits per heavy atom. The average Bonchev–Trinajstić information content (AvgIpc) is 3.12. The highest BCUT2D eigenvalue weighted by Gasteiger charge is 2.34. The van der Waals surface area contributed by atoms with Crippen molar-refractivity contribution >= 4 is 15.7 Å². The molecule has 2 aromatic carbocycles. The number of anilines is 1. The quantitative estimate of drug-likeness (QED) is 0.882. The summed E-state index contributed by atoms with van der Waals surface area (Å²) in [6.07, 6.45) is 0.686. The van der Waals surface area contributed by atoms with Crippen molar-refractivity contribution in [2.24, 2.45) is 0 Å². The molecule has 2 aromatic rings. The predicted molar refractivity (Wildman–Crippen MR) is 96.4 cm³/mol. The normalized spacial score (nSPS) is 16.2. The Kier molecular flexibility index (Phi) is 4.16. The minimum atomic E-state index is -3.74. The molecule has 0 spiro atoms. The molecular weight excluding hydrogens is 356 g/mol. The van der Waals surface area contributed by atoms with Gasteiger partial charge in [-0.3, -0.25) is 4.72 Å². The Labute approximate surface area is 152 Å². The van der Waals surface area contributed by atoms with Crippen molar-refractivity contribution in [1.82, 2.24) is 4.90 Å². The Balaban J connectivity index is 1.87. The van der Waals surface area contributed by atoms with E-state index < -0.39 is 10.0 Å². The number of likely N-dealkylation sites (N-methyl/N-ethyl adjacent to an activating group) is 1. The van der Waals surface area contributed by atoms with Crippen molar-refractivity contribution in [3.63, 3.8) is 0 Å². The molecule has 138 valence electrons. The molecule has 0 bridgehead atoms. The van der Waals surface area contributed by atoms with E-state index in [0.717, 1.165) is 17.7 Å². The van der Waals surface area contributed by atoms with Gasteiger partial charge in [-0.15, -0.1) is 0 Å². The molecular formula is C18H20N2O5S. The first kappa shape index (κ1) is 17.0. The van der Waals surface area contributed by atoms with E-state index in [2.05, 4.69) is 9.62 Å². The van der Waals surface area contributed by atoms with E-state index in [4.69, 9.17) is 14.2 Å². The lowest BCUT2D eigenvalue weighted by atomic mass is 9.96. The van der Waals surface area contributed by atoms with Gasteiger partial charge in [0.25, 0.3) is 10.0 Å². The van der Waals surface area contributed by atoms with E-state index in [9.17, 15) is 8.42 Å². The first-order valence-corrected chi connectivity index (χ1v) is 9.77. The van der Waals surface area contributed by atoms with Crippen molar-refractivity contribution in [2.45, 2.75) is 17.9 Å². The molecule has 0 unspecified atom stereocenters. The molecule has 4 rings (SSSR count). The lowest BCUT2D eigenvalue weighted by Crippen LogP contribution is -2.28. The fourth-order valence-electron chi connectivity index (χ4n) is 3.41. The maximum atomic E-state index is 12.9. The molecule has 0 fully saturated rings. The minimum Gasteiger partial charge on any atom is -0.492 e. The van der Waals surface area contributed by atoms with Crippen LogP contribution in [0.4, 0.5) is 5.69 Å². The summed E-state index contributed by atoms with van der Waals surface area (Å²) in [5.41, 5.74) is 2.27. The third-order valence-electron chi connectivity index (χ3n) is 4.65. The molecule has 7 nitrogen and oxygen atoms in total. The number of rotatable bonds is 4. The van der Waals surface area contributed by atoms with Crippen LogP contribution >= 0.6 is 0 Å². The summed E-state index contributed by atoms with van der Waals surface area (Å²) < 4.78 is 45.2. The molecule has 2 aliphatic rings. The van der Waals surface area contributed by atoms with Gasteiger partial charge in [0.05, 0.1) is 17.7 Å². The highest BCUT2D eigenvalue weighted by molar-refractivity contribution is 7.92. The van der Waals surface area contributed by atoms with Gasteiger partial charge >= 0.3 is 0 Å². The molecule has 0 saturated carbocycles. The highest BCUT2D eigenvalue weighted by atomic mass is 32.2. The molecule has 2 heterocycles. The maximum absolute atomic E-state index is 12.9. The molecule has 2 aliphatic heterocycles. The van der Waals surface area contributed by atoms with Crippen molar-refractivity contribution in [2.75, 3.05) is 32.2 Å². The first-order chi connectivity index (χ1) is 12.5. The van der Waals surface area contributed by atoms with Crippen molar-refractivity contribution < 1.29 is 22.6 Å². The Morgan fingerprint density at radius 1 is 1.12 bits per heavy atom. The second-order valence-electron chi connectivity index (χ2n) is 6.34. The zero-order valence-electron chi connectivity index (χ0n) is 14.6. The SMILES string of the molecule is COc1c2c(c(NS(=O)(=O)c3ccccc3)c3c1OCO3)CCN(C)C2. The van der Waals surface area contributed by atoms with E-state index in [0.29, 0.717) is 35.9 Å². The van der Waals surface area contributed by atoms with Crippen LogP contribution in [0.15, 0.2) is 35.2 Å². The fraction of sp³-hybridized carbons (Fsp3) is 0.333. The fourth-order valence-corrected chi connectivity index (χ4v) is 4.52. The van der Waals surface area contributed by atoms with Crippen molar-refractivity contribution in [1.29, 1.82) is 0 Å². The molecule has 0 aliphatic carbocycles. The number of nitrogens with zero attached hydrogens (tertiary/aromatic N) is 1. The largest absolute Gasteiger partial charge is 0.492 e. The van der Waals surface area contributed by atoms with Crippen LogP contribution in [0.25, 0.3) is 0 Å². The molecule has 0 amide bonds. The molecule has 1 N–H and O–H groups in total. The van der Waals surface area contributed by atoms with E-state index >= 15 is 0 Å². The first-order valence-electron chi connectivity index (χ1n) is 8.29. The Bertz CT molecular complexity index is 944. The van der Waals surface area contributed by atoms with Crippen molar-refractivity contribution in [3.8, 4) is 17.2 Å². The topological polar surface area (TPSA) is 77.1 Å². The molecule has 8 heteroatoms. The number of benzene rings is 2. The number of hydrogen-bond donors (Lipinski definition) is 1. The van der Waals surface area contributed by atoms with Crippen LogP contribution in [0.2, 0.25) is 0 Å². The van der Waals surface area contributed by atoms with Crippen LogP contribution in [-0.4, -0.2) is 40.8 Å². The lowest BCUT2D eigenvalue weighted by molar-refractivity contribution is 0.171. The zero-order valence-corrected chi connectivity index (χ0v) is 15.4. The summed E-state index contributed by atoms with van der Waals surface area (Å²) in [6, 6.07) is 8.28. The Hall–Kier alpha value is -2.45. The van der Waals surface area contributed by atoms with Gasteiger partial charge in [0.15, 0.2) is 11.5 Å². The monoisotopic (exact) mass is 376 g/mol. The predicted octanol–water partition coefficient (Wildman–Crippen LogP) is 2.21. The third-order valence-corrected chi connectivity index (χ3v) is 6.02. The van der Waals surface area contributed by atoms with Gasteiger partial charge in [-0.2, -0.15) is 0 Å².